The van der Waals surface area contributed by atoms with E-state index < -0.39 is 35.2 Å². The van der Waals surface area contributed by atoms with Crippen molar-refractivity contribution in [1.29, 1.82) is 0 Å². The number of carbonyl (C=O) groups is 3. The molecular formula is C17H18ClN5O5S2. The van der Waals surface area contributed by atoms with Gasteiger partial charge in [-0.05, 0) is 29.9 Å². The number of hydrogen-bond acceptors (Lipinski definition) is 7. The van der Waals surface area contributed by atoms with Gasteiger partial charge in [0, 0.05) is 12.8 Å². The minimum absolute atomic E-state index is 0.0715. The zero-order valence-electron chi connectivity index (χ0n) is 15.5. The number of benzene rings is 1. The van der Waals surface area contributed by atoms with Crippen molar-refractivity contribution >= 4 is 64.2 Å². The summed E-state index contributed by atoms with van der Waals surface area (Å²) in [4.78, 5) is 37.5. The van der Waals surface area contributed by atoms with Gasteiger partial charge in [0.15, 0.2) is 5.11 Å². The standard InChI is InChI=1S/C17H18ClN5O5S2/c1-20-17(29)21-8-4-6(2-3-9(8)24)10(19)13(25)22-11-14(26)23-12(16(27)28)7(18)5-30-15(11)23/h2-4,10-11,15,24H,5,19H2,1H3,(H,22,25)(H,27,28)(H2,20,21,29)/t10-,11-,15-/m1/s1. The monoisotopic (exact) mass is 471 g/mol. The van der Waals surface area contributed by atoms with Gasteiger partial charge in [-0.1, -0.05) is 17.7 Å². The lowest BCUT2D eigenvalue weighted by atomic mass is 10.0. The van der Waals surface area contributed by atoms with Crippen LogP contribution < -0.4 is 21.7 Å². The Bertz CT molecular complexity index is 972. The Hall–Kier alpha value is -2.54. The fraction of sp³-hybridized carbons (Fsp3) is 0.294. The molecule has 2 aliphatic rings. The van der Waals surface area contributed by atoms with Crippen LogP contribution in [-0.2, 0) is 14.4 Å². The lowest BCUT2D eigenvalue weighted by Gasteiger charge is -2.48. The molecule has 2 aliphatic heterocycles. The van der Waals surface area contributed by atoms with E-state index in [0.29, 0.717) is 5.56 Å². The molecule has 2 amide bonds. The number of phenolic OH excluding ortho intramolecular Hbond substituents is 1. The summed E-state index contributed by atoms with van der Waals surface area (Å²) in [6.07, 6.45) is 0. The molecule has 2 heterocycles. The summed E-state index contributed by atoms with van der Waals surface area (Å²) in [6, 6.07) is 2.26. The highest BCUT2D eigenvalue weighted by Crippen LogP contribution is 2.41. The molecule has 13 heteroatoms. The van der Waals surface area contributed by atoms with Crippen LogP contribution in [0.5, 0.6) is 5.75 Å². The SMILES string of the molecule is CNC(=S)Nc1cc([C@@H](N)C(=O)N[C@@H]2C(=O)N3C(C(=O)O)=C(Cl)CS[C@H]23)ccc1O. The number of phenols is 1. The van der Waals surface area contributed by atoms with Gasteiger partial charge in [-0.3, -0.25) is 14.5 Å². The van der Waals surface area contributed by atoms with Crippen molar-refractivity contribution in [3.05, 3.63) is 34.5 Å². The molecule has 3 atom stereocenters. The first-order valence-electron chi connectivity index (χ1n) is 8.60. The summed E-state index contributed by atoms with van der Waals surface area (Å²) in [6.45, 7) is 0. The quantitative estimate of drug-likeness (QED) is 0.200. The average molecular weight is 472 g/mol. The van der Waals surface area contributed by atoms with Crippen molar-refractivity contribution in [2.45, 2.75) is 17.5 Å². The van der Waals surface area contributed by atoms with E-state index in [4.69, 9.17) is 29.6 Å². The van der Waals surface area contributed by atoms with E-state index >= 15 is 0 Å². The molecule has 1 aromatic rings. The smallest absolute Gasteiger partial charge is 0.353 e. The summed E-state index contributed by atoms with van der Waals surface area (Å²) in [5, 5.41) is 27.0. The highest BCUT2D eigenvalue weighted by Gasteiger charge is 2.54. The Labute approximate surface area is 185 Å². The number of thioether (sulfide) groups is 1. The molecule has 0 aromatic heterocycles. The van der Waals surface area contributed by atoms with Gasteiger partial charge < -0.3 is 31.9 Å². The van der Waals surface area contributed by atoms with Gasteiger partial charge in [-0.15, -0.1) is 11.8 Å². The lowest BCUT2D eigenvalue weighted by molar-refractivity contribution is -0.150. The van der Waals surface area contributed by atoms with Crippen LogP contribution in [-0.4, -0.2) is 62.2 Å². The van der Waals surface area contributed by atoms with Crippen LogP contribution in [0.15, 0.2) is 28.9 Å². The number of β-lactam (4-membered cyclic amide) rings is 1. The largest absolute Gasteiger partial charge is 0.506 e. The van der Waals surface area contributed by atoms with Crippen LogP contribution in [0.3, 0.4) is 0 Å². The minimum Gasteiger partial charge on any atom is -0.506 e. The molecule has 0 bridgehead atoms. The second kappa shape index (κ2) is 8.68. The number of rotatable bonds is 5. The van der Waals surface area contributed by atoms with Gasteiger partial charge in [-0.25, -0.2) is 4.79 Å². The van der Waals surface area contributed by atoms with Gasteiger partial charge >= 0.3 is 5.97 Å². The predicted molar refractivity (Wildman–Crippen MR) is 116 cm³/mol. The van der Waals surface area contributed by atoms with Gasteiger partial charge in [0.1, 0.15) is 28.9 Å². The van der Waals surface area contributed by atoms with Crippen molar-refractivity contribution in [1.82, 2.24) is 15.5 Å². The number of aliphatic carboxylic acids is 1. The number of amides is 2. The molecule has 0 unspecified atom stereocenters. The van der Waals surface area contributed by atoms with Crippen LogP contribution in [0.1, 0.15) is 11.6 Å². The fourth-order valence-electron chi connectivity index (χ4n) is 3.01. The molecule has 0 spiro atoms. The first-order chi connectivity index (χ1) is 14.1. The van der Waals surface area contributed by atoms with Crippen LogP contribution >= 0.6 is 35.6 Å². The molecule has 0 saturated carbocycles. The number of carboxylic acid groups (broad SMARTS) is 1. The average Bonchev–Trinajstić information content (AvgIpc) is 2.72. The second-order valence-electron chi connectivity index (χ2n) is 6.41. The molecule has 0 radical (unpaired) electrons. The minimum atomic E-state index is -1.30. The molecule has 1 aromatic carbocycles. The van der Waals surface area contributed by atoms with E-state index in [2.05, 4.69) is 16.0 Å². The molecule has 7 N–H and O–H groups in total. The van der Waals surface area contributed by atoms with E-state index in [1.807, 2.05) is 0 Å². The Morgan fingerprint density at radius 1 is 1.43 bits per heavy atom. The van der Waals surface area contributed by atoms with E-state index in [0.717, 1.165) is 4.90 Å². The van der Waals surface area contributed by atoms with E-state index in [1.165, 1.54) is 30.0 Å². The third kappa shape index (κ3) is 4.03. The number of thiocarbonyl (C=S) groups is 1. The third-order valence-electron chi connectivity index (χ3n) is 4.56. The van der Waals surface area contributed by atoms with Crippen molar-refractivity contribution in [2.75, 3.05) is 18.1 Å². The Kier molecular flexibility index (Phi) is 6.41. The Morgan fingerprint density at radius 2 is 2.13 bits per heavy atom. The number of nitrogens with zero attached hydrogens (tertiary/aromatic N) is 1. The summed E-state index contributed by atoms with van der Waals surface area (Å²) >= 11 is 12.2. The Morgan fingerprint density at radius 3 is 2.77 bits per heavy atom. The molecular weight excluding hydrogens is 454 g/mol. The van der Waals surface area contributed by atoms with E-state index in [1.54, 1.807) is 7.05 Å². The molecule has 10 nitrogen and oxygen atoms in total. The van der Waals surface area contributed by atoms with E-state index in [9.17, 15) is 24.6 Å². The van der Waals surface area contributed by atoms with Crippen molar-refractivity contribution in [2.24, 2.45) is 5.73 Å². The number of halogens is 1. The molecule has 1 saturated heterocycles. The summed E-state index contributed by atoms with van der Waals surface area (Å²) in [5.74, 6) is -2.37. The van der Waals surface area contributed by atoms with Crippen LogP contribution in [0.4, 0.5) is 5.69 Å². The predicted octanol–water partition coefficient (Wildman–Crippen LogP) is 0.243. The number of anilines is 1. The van der Waals surface area contributed by atoms with Crippen LogP contribution in [0.25, 0.3) is 0 Å². The Balaban J connectivity index is 1.72. The van der Waals surface area contributed by atoms with Crippen LogP contribution in [0, 0.1) is 0 Å². The number of hydrogen-bond donors (Lipinski definition) is 6. The van der Waals surface area contributed by atoms with Crippen molar-refractivity contribution in [3.8, 4) is 5.75 Å². The van der Waals surface area contributed by atoms with Gasteiger partial charge in [-0.2, -0.15) is 0 Å². The maximum atomic E-state index is 12.6. The molecule has 160 valence electrons. The number of nitrogens with two attached hydrogens (primary N) is 1. The van der Waals surface area contributed by atoms with Gasteiger partial charge in [0.2, 0.25) is 5.91 Å². The molecule has 30 heavy (non-hydrogen) atoms. The summed E-state index contributed by atoms with van der Waals surface area (Å²) in [5.41, 5.74) is 6.40. The van der Waals surface area contributed by atoms with Gasteiger partial charge in [0.25, 0.3) is 5.91 Å². The number of carboxylic acids is 1. The summed E-state index contributed by atoms with van der Waals surface area (Å²) < 4.78 is 0. The third-order valence-corrected chi connectivity index (χ3v) is 6.62. The van der Waals surface area contributed by atoms with Crippen LogP contribution in [0.2, 0.25) is 0 Å². The maximum Gasteiger partial charge on any atom is 0.353 e. The van der Waals surface area contributed by atoms with Crippen molar-refractivity contribution < 1.29 is 24.6 Å². The molecule has 3 rings (SSSR count). The second-order valence-corrected chi connectivity index (χ2v) is 8.38. The van der Waals surface area contributed by atoms with Gasteiger partial charge in [0.05, 0.1) is 10.7 Å². The normalized spacial score (nSPS) is 21.3. The number of nitrogens with one attached hydrogen (secondary N) is 3. The molecule has 1 fully saturated rings. The fourth-order valence-corrected chi connectivity index (χ4v) is 4.67. The van der Waals surface area contributed by atoms with E-state index in [-0.39, 0.29) is 33.0 Å². The number of carbonyl (C=O) groups excluding carboxylic acids is 2. The zero-order valence-corrected chi connectivity index (χ0v) is 17.9. The topological polar surface area (TPSA) is 157 Å². The number of aromatic hydroxyl groups is 1. The first kappa shape index (κ1) is 22.2. The highest BCUT2D eigenvalue weighted by molar-refractivity contribution is 8.00. The highest BCUT2D eigenvalue weighted by atomic mass is 35.5. The lowest BCUT2D eigenvalue weighted by Crippen LogP contribution is -2.70. The molecule has 0 aliphatic carbocycles. The first-order valence-corrected chi connectivity index (χ1v) is 10.4. The summed E-state index contributed by atoms with van der Waals surface area (Å²) in [7, 11) is 1.61. The zero-order chi connectivity index (χ0) is 22.2. The number of fused-ring (bicyclic) bond motifs is 1. The van der Waals surface area contributed by atoms with Crippen molar-refractivity contribution in [3.63, 3.8) is 0 Å². The maximum absolute atomic E-state index is 12.6.